The number of anilines is 2. The minimum Gasteiger partial charge on any atom is -0.301 e. The molecule has 2 amide bonds. The summed E-state index contributed by atoms with van der Waals surface area (Å²) in [5, 5.41) is 0. The summed E-state index contributed by atoms with van der Waals surface area (Å²) in [6.45, 7) is 3.32. The SMILES string of the molecule is C[C@H]1OC23O[C@H](C)C(=O)N2c2ccccc2N3C1=O. The van der Waals surface area contributed by atoms with E-state index in [9.17, 15) is 9.59 Å². The van der Waals surface area contributed by atoms with Crippen LogP contribution in [0.4, 0.5) is 11.4 Å². The predicted molar refractivity (Wildman–Crippen MR) is 65.2 cm³/mol. The van der Waals surface area contributed by atoms with Crippen LogP contribution in [-0.2, 0) is 19.1 Å². The van der Waals surface area contributed by atoms with Crippen LogP contribution in [0.3, 0.4) is 0 Å². The van der Waals surface area contributed by atoms with E-state index in [1.807, 2.05) is 12.1 Å². The zero-order valence-corrected chi connectivity index (χ0v) is 10.5. The average molecular weight is 260 g/mol. The minimum atomic E-state index is -1.42. The number of carbonyl (C=O) groups excluding carboxylic acids is 2. The number of benzene rings is 1. The Bertz CT molecular complexity index is 561. The van der Waals surface area contributed by atoms with E-state index >= 15 is 0 Å². The Morgan fingerprint density at radius 1 is 0.947 bits per heavy atom. The van der Waals surface area contributed by atoms with Crippen LogP contribution < -0.4 is 9.80 Å². The van der Waals surface area contributed by atoms with Crippen LogP contribution in [-0.4, -0.2) is 30.1 Å². The van der Waals surface area contributed by atoms with Gasteiger partial charge in [0.15, 0.2) is 0 Å². The highest BCUT2D eigenvalue weighted by Gasteiger charge is 2.69. The van der Waals surface area contributed by atoms with Gasteiger partial charge in [0.05, 0.1) is 11.4 Å². The van der Waals surface area contributed by atoms with Crippen molar-refractivity contribution in [1.29, 1.82) is 0 Å². The molecule has 3 heterocycles. The molecule has 3 aliphatic rings. The van der Waals surface area contributed by atoms with Gasteiger partial charge in [-0.1, -0.05) is 12.1 Å². The highest BCUT2D eigenvalue weighted by molar-refractivity contribution is 6.13. The summed E-state index contributed by atoms with van der Waals surface area (Å²) in [5.41, 5.74) is 1.30. The molecule has 1 aromatic rings. The van der Waals surface area contributed by atoms with Gasteiger partial charge in [-0.15, -0.1) is 0 Å². The average Bonchev–Trinajstić information content (AvgIpc) is 2.87. The molecule has 0 N–H and O–H groups in total. The molecule has 0 bridgehead atoms. The summed E-state index contributed by atoms with van der Waals surface area (Å²) in [6.07, 6.45) is -1.26. The molecule has 2 saturated heterocycles. The number of fused-ring (bicyclic) bond motifs is 3. The summed E-state index contributed by atoms with van der Waals surface area (Å²) >= 11 is 0. The molecule has 1 spiro atoms. The Hall–Kier alpha value is -1.92. The predicted octanol–water partition coefficient (Wildman–Crippen LogP) is 0.815. The molecule has 0 aliphatic carbocycles. The maximum atomic E-state index is 12.3. The van der Waals surface area contributed by atoms with Gasteiger partial charge in [0.2, 0.25) is 0 Å². The monoisotopic (exact) mass is 260 g/mol. The van der Waals surface area contributed by atoms with Gasteiger partial charge >= 0.3 is 6.03 Å². The Labute approximate surface area is 109 Å². The molecule has 0 unspecified atom stereocenters. The second-order valence-electron chi connectivity index (χ2n) is 4.90. The first-order valence-electron chi connectivity index (χ1n) is 6.19. The number of amides is 2. The maximum absolute atomic E-state index is 12.3. The molecular weight excluding hydrogens is 248 g/mol. The van der Waals surface area contributed by atoms with E-state index in [0.717, 1.165) is 0 Å². The normalized spacial score (nSPS) is 30.6. The van der Waals surface area contributed by atoms with Gasteiger partial charge in [0, 0.05) is 0 Å². The number of hydrogen-bond donors (Lipinski definition) is 0. The van der Waals surface area contributed by atoms with Crippen molar-refractivity contribution in [2.24, 2.45) is 0 Å². The molecule has 1 aromatic carbocycles. The molecule has 2 fully saturated rings. The van der Waals surface area contributed by atoms with Gasteiger partial charge in [-0.05, 0) is 26.0 Å². The van der Waals surface area contributed by atoms with Crippen molar-refractivity contribution in [1.82, 2.24) is 0 Å². The standard InChI is InChI=1S/C13H12N2O4/c1-7-11(16)14-9-5-3-4-6-10(9)15-12(17)8(2)19-13(14,15)18-7/h3-8H,1-2H3/t7-,8-,13?/m1/s1. The Morgan fingerprint density at radius 2 is 1.37 bits per heavy atom. The number of para-hydroxylation sites is 2. The third kappa shape index (κ3) is 1.05. The van der Waals surface area contributed by atoms with Crippen molar-refractivity contribution >= 4 is 23.2 Å². The first-order chi connectivity index (χ1) is 9.06. The molecule has 19 heavy (non-hydrogen) atoms. The molecule has 6 nitrogen and oxygen atoms in total. The van der Waals surface area contributed by atoms with Crippen LogP contribution in [0.1, 0.15) is 13.8 Å². The van der Waals surface area contributed by atoms with Gasteiger partial charge in [0.25, 0.3) is 11.8 Å². The number of carbonyl (C=O) groups is 2. The summed E-state index contributed by atoms with van der Waals surface area (Å²) in [7, 11) is 0. The van der Waals surface area contributed by atoms with Crippen molar-refractivity contribution in [3.8, 4) is 0 Å². The Kier molecular flexibility index (Phi) is 1.81. The van der Waals surface area contributed by atoms with E-state index in [-0.39, 0.29) is 11.8 Å². The van der Waals surface area contributed by atoms with Crippen LogP contribution in [0.25, 0.3) is 0 Å². The van der Waals surface area contributed by atoms with Gasteiger partial charge in [0.1, 0.15) is 12.2 Å². The topological polar surface area (TPSA) is 59.1 Å². The van der Waals surface area contributed by atoms with E-state index < -0.39 is 18.2 Å². The number of ether oxygens (including phenoxy) is 2. The largest absolute Gasteiger partial charge is 0.358 e. The molecule has 98 valence electrons. The summed E-state index contributed by atoms with van der Waals surface area (Å²) in [4.78, 5) is 27.4. The first-order valence-corrected chi connectivity index (χ1v) is 6.19. The molecule has 0 aromatic heterocycles. The molecule has 0 saturated carbocycles. The van der Waals surface area contributed by atoms with Crippen molar-refractivity contribution < 1.29 is 19.1 Å². The molecular formula is C13H12N2O4. The van der Waals surface area contributed by atoms with Crippen molar-refractivity contribution in [2.45, 2.75) is 32.1 Å². The van der Waals surface area contributed by atoms with Crippen molar-refractivity contribution in [3.05, 3.63) is 24.3 Å². The smallest absolute Gasteiger partial charge is 0.301 e. The lowest BCUT2D eigenvalue weighted by Crippen LogP contribution is -2.53. The van der Waals surface area contributed by atoms with Gasteiger partial charge in [-0.25, -0.2) is 9.80 Å². The molecule has 4 rings (SSSR count). The molecule has 3 aliphatic heterocycles. The van der Waals surface area contributed by atoms with Crippen LogP contribution >= 0.6 is 0 Å². The lowest BCUT2D eigenvalue weighted by atomic mass is 10.2. The molecule has 6 heteroatoms. The van der Waals surface area contributed by atoms with Gasteiger partial charge in [-0.3, -0.25) is 9.59 Å². The Balaban J connectivity index is 1.99. The van der Waals surface area contributed by atoms with Crippen LogP contribution in [0, 0.1) is 0 Å². The number of hydrogen-bond acceptors (Lipinski definition) is 4. The van der Waals surface area contributed by atoms with E-state index in [1.54, 1.807) is 26.0 Å². The zero-order chi connectivity index (χ0) is 13.4. The van der Waals surface area contributed by atoms with Crippen LogP contribution in [0.15, 0.2) is 24.3 Å². The summed E-state index contributed by atoms with van der Waals surface area (Å²) in [5.74, 6) is -0.395. The molecule has 2 atom stereocenters. The maximum Gasteiger partial charge on any atom is 0.358 e. The third-order valence-electron chi connectivity index (χ3n) is 3.73. The minimum absolute atomic E-state index is 0.197. The summed E-state index contributed by atoms with van der Waals surface area (Å²) < 4.78 is 11.4. The zero-order valence-electron chi connectivity index (χ0n) is 10.5. The second kappa shape index (κ2) is 3.15. The fourth-order valence-corrected chi connectivity index (χ4v) is 2.93. The number of rotatable bonds is 0. The van der Waals surface area contributed by atoms with E-state index in [4.69, 9.17) is 9.47 Å². The highest BCUT2D eigenvalue weighted by Crippen LogP contribution is 2.53. The van der Waals surface area contributed by atoms with E-state index in [2.05, 4.69) is 0 Å². The van der Waals surface area contributed by atoms with Crippen LogP contribution in [0.2, 0.25) is 0 Å². The first kappa shape index (κ1) is 11.0. The third-order valence-corrected chi connectivity index (χ3v) is 3.73. The fraction of sp³-hybridized carbons (Fsp3) is 0.385. The number of nitrogens with zero attached hydrogens (tertiary/aromatic N) is 2. The summed E-state index contributed by atoms with van der Waals surface area (Å²) in [6, 6.07) is 5.79. The van der Waals surface area contributed by atoms with Gasteiger partial charge in [-0.2, -0.15) is 0 Å². The van der Waals surface area contributed by atoms with E-state index in [1.165, 1.54) is 9.80 Å². The fourth-order valence-electron chi connectivity index (χ4n) is 2.93. The van der Waals surface area contributed by atoms with Gasteiger partial charge < -0.3 is 9.47 Å². The second-order valence-corrected chi connectivity index (χ2v) is 4.90. The van der Waals surface area contributed by atoms with Crippen molar-refractivity contribution in [2.75, 3.05) is 9.80 Å². The highest BCUT2D eigenvalue weighted by atomic mass is 16.8. The van der Waals surface area contributed by atoms with Crippen molar-refractivity contribution in [3.63, 3.8) is 0 Å². The lowest BCUT2D eigenvalue weighted by Gasteiger charge is -2.29. The quantitative estimate of drug-likeness (QED) is 0.692. The van der Waals surface area contributed by atoms with Crippen LogP contribution in [0.5, 0.6) is 0 Å². The lowest BCUT2D eigenvalue weighted by molar-refractivity contribution is -0.204. The Morgan fingerprint density at radius 3 is 1.79 bits per heavy atom. The molecule has 0 radical (unpaired) electrons. The van der Waals surface area contributed by atoms with E-state index in [0.29, 0.717) is 11.4 Å².